The first-order valence-corrected chi connectivity index (χ1v) is 51.9. The number of anilines is 3. The number of aromatic nitrogens is 13. The summed E-state index contributed by atoms with van der Waals surface area (Å²) in [5.74, 6) is 5.49. The second kappa shape index (κ2) is 46.0. The predicted molar refractivity (Wildman–Crippen MR) is 566 cm³/mol. The smallest absolute Gasteiger partial charge is 0.339 e. The van der Waals surface area contributed by atoms with Gasteiger partial charge in [-0.25, -0.2) is 19.5 Å². The third-order valence-electron chi connectivity index (χ3n) is 24.8. The van der Waals surface area contributed by atoms with E-state index in [1.54, 1.807) is 88.1 Å². The quantitative estimate of drug-likeness (QED) is 0.0471. The standard InChI is InChI=1S/C29H27N5O3.C26H24ClN3O2.C26H24N2O3.C25H21Cl2N3O.C3H4N2O.Cl3OP/c1-35-22-15-13-20(14-16-22)25-27(30-23-17-18-37-33-23)31-28-24(19-9-5-3-6-10-19)26(21-11-7-4-8-12-21)32-34(28)29(25)36-2;1-31-20-15-13-18(14-16-20)22-24(27)28-25-21(17-9-5-3-6-10-17)23(19-11-7-4-8-12-19)29-30(25)26(22)32-2;1-31-20-14-12-18(13-15-20)24-22(29)16-21-23(17-8-4-2-5-9-17)25(27-28(21)26(24)30)19-10-6-3-7-11-19;1-31-19-14-12-17(13-15-19)21-23(26)28-25-20(16-8-4-2-5-9-16)22(29-30(25)24(21)27)18-10-6-3-7-11-18;4-3-1-2-6-5-3;1-5(2,3)4/h4,7-9,11-18H,3,5-6,10H2,1-2H3,(H,30,31,33);4,7-9,11-16H,3,5-6,10H2,1-2H3;3,6-8,10-15,29H,2,4-5,9,16H2,1H3;3,6-8,10-15H,2,4-5,9H2,1H3;1-2H,(H2,4,5);. The van der Waals surface area contributed by atoms with Crippen LogP contribution in [0.4, 0.5) is 17.5 Å². The van der Waals surface area contributed by atoms with E-state index >= 15 is 0 Å². The Morgan fingerprint density at radius 3 is 1.08 bits per heavy atom. The van der Waals surface area contributed by atoms with Crippen LogP contribution in [0.25, 0.3) is 123 Å². The number of halogens is 6. The van der Waals surface area contributed by atoms with Gasteiger partial charge in [-0.1, -0.05) is 239 Å². The summed E-state index contributed by atoms with van der Waals surface area (Å²) in [6.07, 6.45) is 29.9. The molecule has 0 unspecified atom stereocenters. The highest BCUT2D eigenvalue weighted by Gasteiger charge is 2.36. The van der Waals surface area contributed by atoms with Crippen molar-refractivity contribution >= 4 is 142 Å². The lowest BCUT2D eigenvalue weighted by atomic mass is 9.88. The van der Waals surface area contributed by atoms with Crippen molar-refractivity contribution in [1.29, 1.82) is 0 Å². The summed E-state index contributed by atoms with van der Waals surface area (Å²) in [5, 5.41) is 39.4. The maximum absolute atomic E-state index is 13.5. The molecule has 22 rings (SSSR count). The number of ether oxygens (including phenoxy) is 6. The average Bonchev–Trinajstić information content (AvgIpc) is 1.57. The number of hydrogen-bond donors (Lipinski definition) is 3. The van der Waals surface area contributed by atoms with Crippen LogP contribution < -0.4 is 39.5 Å². The molecule has 26 nitrogen and oxygen atoms in total. The SMILES string of the molecule is COc1ccc(-c2c(Cl)nc3c(C4=CCCCC4)c(-c4ccccc4)nn3c2Cl)cc1.COc1ccc(-c2c(Cl)nc3c(C4=CCCCC4)c(-c4ccccc4)nn3c2OC)cc1.COc1ccc(-c2c(Nc3ccon3)nc3c(C4=CCCCC4)c(-c4ccccc4)nn3c2OC)cc1.COc1ccc(C2=C(O)Cc3c(C4=CCCCC4)c(-c4ccccc4)nn3C2=O)cc1.Nc1ccon1.O=P(Cl)(Cl)Cl. The van der Waals surface area contributed by atoms with Gasteiger partial charge in [-0.2, -0.15) is 34.1 Å². The molecular weight excluding hydrogens is 1940 g/mol. The second-order valence-electron chi connectivity index (χ2n) is 33.6. The zero-order valence-electron chi connectivity index (χ0n) is 78.6. The van der Waals surface area contributed by atoms with Crippen LogP contribution in [-0.4, -0.2) is 118 Å². The first kappa shape index (κ1) is 99.4. The maximum atomic E-state index is 13.5. The van der Waals surface area contributed by atoms with E-state index in [1.165, 1.54) is 65.2 Å². The van der Waals surface area contributed by atoms with Crippen LogP contribution in [0.1, 0.15) is 141 Å². The molecular formula is C109H100Cl6N15O11P. The highest BCUT2D eigenvalue weighted by molar-refractivity contribution is 8.24. The number of benzene rings is 8. The fourth-order valence-corrected chi connectivity index (χ4v) is 19.0. The number of carbonyl (C=O) groups is 1. The van der Waals surface area contributed by atoms with Crippen molar-refractivity contribution in [3.05, 3.63) is 322 Å². The molecule has 0 amide bonds. The summed E-state index contributed by atoms with van der Waals surface area (Å²) >= 11 is 34.2. The van der Waals surface area contributed by atoms with Crippen LogP contribution in [0.2, 0.25) is 15.5 Å². The highest BCUT2D eigenvalue weighted by Crippen LogP contribution is 2.61. The minimum absolute atomic E-state index is 0.0832. The zero-order chi connectivity index (χ0) is 98.9. The maximum Gasteiger partial charge on any atom is 0.339 e. The predicted octanol–water partition coefficient (Wildman–Crippen LogP) is 29.5. The fourth-order valence-electron chi connectivity index (χ4n) is 18.1. The number of nitrogens with one attached hydrogen (secondary N) is 1. The number of hydrogen-bond acceptors (Lipinski definition) is 22. The molecule has 0 radical (unpaired) electrons. The van der Waals surface area contributed by atoms with E-state index in [0.717, 1.165) is 201 Å². The van der Waals surface area contributed by atoms with Gasteiger partial charge in [-0.3, -0.25) is 9.36 Å². The summed E-state index contributed by atoms with van der Waals surface area (Å²) in [5.41, 5.74) is 30.4. The molecule has 0 saturated heterocycles. The highest BCUT2D eigenvalue weighted by atomic mass is 36.0. The molecule has 142 heavy (non-hydrogen) atoms. The van der Waals surface area contributed by atoms with Gasteiger partial charge in [0.2, 0.25) is 11.8 Å². The molecule has 0 bridgehead atoms. The topological polar surface area (TPSA) is 308 Å². The number of nitrogens with zero attached hydrogens (tertiary/aromatic N) is 13. The fraction of sp³-hybridized carbons (Fsp3) is 0.211. The van der Waals surface area contributed by atoms with Crippen LogP contribution in [-0.2, 0) is 11.0 Å². The van der Waals surface area contributed by atoms with Crippen molar-refractivity contribution < 1.29 is 51.9 Å². The molecule has 33 heteroatoms. The summed E-state index contributed by atoms with van der Waals surface area (Å²) in [4.78, 5) is 28.3. The number of nitrogens with two attached hydrogens (primary N) is 1. The van der Waals surface area contributed by atoms with Crippen molar-refractivity contribution in [2.75, 3.05) is 53.7 Å². The summed E-state index contributed by atoms with van der Waals surface area (Å²) in [6, 6.07) is 74.1. The van der Waals surface area contributed by atoms with Gasteiger partial charge in [0, 0.05) is 46.4 Å². The van der Waals surface area contributed by atoms with Gasteiger partial charge < -0.3 is 53.6 Å². The van der Waals surface area contributed by atoms with Crippen LogP contribution in [0.3, 0.4) is 0 Å². The molecule has 17 aromatic rings. The Morgan fingerprint density at radius 1 is 0.380 bits per heavy atom. The number of aliphatic hydroxyl groups excluding tert-OH is 1. The van der Waals surface area contributed by atoms with E-state index in [9.17, 15) is 14.5 Å². The third kappa shape index (κ3) is 22.4. The third-order valence-corrected chi connectivity index (χ3v) is 25.7. The summed E-state index contributed by atoms with van der Waals surface area (Å²) < 4.78 is 58.8. The van der Waals surface area contributed by atoms with Gasteiger partial charge in [0.15, 0.2) is 28.6 Å². The van der Waals surface area contributed by atoms with E-state index < -0.39 is 5.20 Å². The number of methoxy groups -OCH3 is 6. The Labute approximate surface area is 849 Å². The Bertz CT molecular complexity index is 7540. The molecule has 0 spiro atoms. The number of nitrogen functional groups attached to an aromatic ring is 1. The van der Waals surface area contributed by atoms with E-state index in [1.807, 2.05) is 162 Å². The molecule has 724 valence electrons. The number of carbonyl (C=O) groups excluding carboxylic acids is 1. The van der Waals surface area contributed by atoms with Crippen LogP contribution in [0.5, 0.6) is 34.8 Å². The van der Waals surface area contributed by atoms with Gasteiger partial charge in [0.25, 0.3) is 5.91 Å². The molecule has 0 fully saturated rings. The zero-order valence-corrected chi connectivity index (χ0v) is 84.0. The van der Waals surface area contributed by atoms with Crippen molar-refractivity contribution in [3.8, 4) is 113 Å². The molecule has 4 N–H and O–H groups in total. The van der Waals surface area contributed by atoms with Gasteiger partial charge in [0.1, 0.15) is 85.3 Å². The molecule has 5 aliphatic rings. The molecule has 8 aromatic carbocycles. The number of fused-ring (bicyclic) bond motifs is 4. The number of aliphatic hydroxyl groups is 1. The van der Waals surface area contributed by atoms with E-state index in [-0.39, 0.29) is 18.1 Å². The lowest BCUT2D eigenvalue weighted by Crippen LogP contribution is -2.24. The first-order chi connectivity index (χ1) is 69.2. The number of rotatable bonds is 20. The second-order valence-corrected chi connectivity index (χ2v) is 41.3. The first-order valence-electron chi connectivity index (χ1n) is 46.3. The lowest BCUT2D eigenvalue weighted by molar-refractivity contribution is 0.0952. The van der Waals surface area contributed by atoms with Gasteiger partial charge >= 0.3 is 5.20 Å². The van der Waals surface area contributed by atoms with Gasteiger partial charge in [-0.15, -0.1) is 0 Å². The van der Waals surface area contributed by atoms with Crippen LogP contribution in [0, 0.1) is 0 Å². The number of allylic oxidation sites excluding steroid dienone is 10. The van der Waals surface area contributed by atoms with Gasteiger partial charge in [-0.05, 0) is 230 Å². The monoisotopic (exact) mass is 2040 g/mol. The van der Waals surface area contributed by atoms with Crippen molar-refractivity contribution in [2.45, 2.75) is 109 Å². The van der Waals surface area contributed by atoms with E-state index in [0.29, 0.717) is 78.3 Å². The van der Waals surface area contributed by atoms with E-state index in [2.05, 4.69) is 115 Å². The lowest BCUT2D eigenvalue weighted by Gasteiger charge is -2.20. The van der Waals surface area contributed by atoms with Crippen molar-refractivity contribution in [1.82, 2.24) is 63.9 Å². The van der Waals surface area contributed by atoms with Crippen molar-refractivity contribution in [3.63, 3.8) is 0 Å². The Balaban J connectivity index is 0.000000126. The normalized spacial score (nSPS) is 14.0. The Morgan fingerprint density at radius 2 is 0.725 bits per heavy atom. The van der Waals surface area contributed by atoms with Gasteiger partial charge in [0.05, 0.1) is 87.3 Å². The molecule has 0 saturated carbocycles. The average molecular weight is 2040 g/mol. The Hall–Kier alpha value is -14.2. The molecule has 10 heterocycles. The molecule has 9 aromatic heterocycles. The summed E-state index contributed by atoms with van der Waals surface area (Å²) in [7, 11) is 9.83. The van der Waals surface area contributed by atoms with Crippen LogP contribution in [0.15, 0.2) is 282 Å². The molecule has 0 atom stereocenters. The largest absolute Gasteiger partial charge is 0.511 e. The molecule has 4 aliphatic carbocycles. The van der Waals surface area contributed by atoms with E-state index in [4.69, 9.17) is 109 Å². The van der Waals surface area contributed by atoms with Crippen LogP contribution >= 0.6 is 73.7 Å². The summed E-state index contributed by atoms with van der Waals surface area (Å²) in [6.45, 7) is 0. The Kier molecular flexibility index (Phi) is 32.2. The minimum Gasteiger partial charge on any atom is -0.511 e. The minimum atomic E-state index is -3.22. The molecule has 1 aliphatic heterocycles. The van der Waals surface area contributed by atoms with Crippen molar-refractivity contribution in [2.24, 2.45) is 0 Å².